The second-order valence-corrected chi connectivity index (χ2v) is 6.65. The zero-order valence-electron chi connectivity index (χ0n) is 12.7. The van der Waals surface area contributed by atoms with Crippen LogP contribution in [0.1, 0.15) is 10.6 Å². The van der Waals surface area contributed by atoms with Crippen LogP contribution >= 0.6 is 23.1 Å². The van der Waals surface area contributed by atoms with Gasteiger partial charge in [0.1, 0.15) is 5.75 Å². The standard InChI is InChI=1S/C15H15N3O3S2/c1-20-10-3-4-11-13(9-10)23-15(18(11)7-8-22-2)17-14(19)12-5-6-16-21-12/h3-6,9H,7-8H2,1-2H3. The summed E-state index contributed by atoms with van der Waals surface area (Å²) in [7, 11) is 1.63. The van der Waals surface area contributed by atoms with Crippen molar-refractivity contribution < 1.29 is 14.1 Å². The van der Waals surface area contributed by atoms with Crippen LogP contribution in [0, 0.1) is 0 Å². The third kappa shape index (κ3) is 3.32. The molecule has 0 bridgehead atoms. The fourth-order valence-electron chi connectivity index (χ4n) is 2.13. The van der Waals surface area contributed by atoms with Gasteiger partial charge < -0.3 is 13.8 Å². The molecule has 0 N–H and O–H groups in total. The molecule has 120 valence electrons. The predicted octanol–water partition coefficient (Wildman–Crippen LogP) is 2.80. The molecule has 0 unspecified atom stereocenters. The molecule has 0 aliphatic heterocycles. The second kappa shape index (κ2) is 7.01. The molecule has 1 aromatic carbocycles. The quantitative estimate of drug-likeness (QED) is 0.708. The van der Waals surface area contributed by atoms with Crippen LogP contribution in [0.4, 0.5) is 0 Å². The van der Waals surface area contributed by atoms with E-state index >= 15 is 0 Å². The van der Waals surface area contributed by atoms with E-state index in [1.54, 1.807) is 18.9 Å². The van der Waals surface area contributed by atoms with Crippen LogP contribution < -0.4 is 9.54 Å². The van der Waals surface area contributed by atoms with E-state index in [0.717, 1.165) is 28.3 Å². The third-order valence-corrected chi connectivity index (χ3v) is 4.89. The predicted molar refractivity (Wildman–Crippen MR) is 91.1 cm³/mol. The number of carbonyl (C=O) groups excluding carboxylic acids is 1. The Morgan fingerprint density at radius 3 is 3.04 bits per heavy atom. The Morgan fingerprint density at radius 1 is 1.48 bits per heavy atom. The van der Waals surface area contributed by atoms with Gasteiger partial charge in [-0.15, -0.1) is 0 Å². The first-order valence-electron chi connectivity index (χ1n) is 6.89. The minimum atomic E-state index is -0.432. The summed E-state index contributed by atoms with van der Waals surface area (Å²) in [6.45, 7) is 0.774. The minimum Gasteiger partial charge on any atom is -0.497 e. The largest absolute Gasteiger partial charge is 0.497 e. The van der Waals surface area contributed by atoms with E-state index in [4.69, 9.17) is 9.26 Å². The highest BCUT2D eigenvalue weighted by molar-refractivity contribution is 7.98. The van der Waals surface area contributed by atoms with Crippen molar-refractivity contribution in [1.29, 1.82) is 0 Å². The maximum atomic E-state index is 12.2. The van der Waals surface area contributed by atoms with Crippen LogP contribution in [0.3, 0.4) is 0 Å². The maximum absolute atomic E-state index is 12.2. The fourth-order valence-corrected chi connectivity index (χ4v) is 3.58. The number of aryl methyl sites for hydroxylation is 1. The van der Waals surface area contributed by atoms with Gasteiger partial charge in [0.15, 0.2) is 4.80 Å². The van der Waals surface area contributed by atoms with Crippen molar-refractivity contribution >= 4 is 39.2 Å². The van der Waals surface area contributed by atoms with Crippen LogP contribution in [-0.2, 0) is 6.54 Å². The SMILES string of the molecule is COc1ccc2c(c1)sc(=NC(=O)c1ccno1)n2CCSC. The number of nitrogens with zero attached hydrogens (tertiary/aromatic N) is 3. The van der Waals surface area contributed by atoms with Crippen molar-refractivity contribution in [3.05, 3.63) is 41.0 Å². The van der Waals surface area contributed by atoms with Crippen LogP contribution in [0.2, 0.25) is 0 Å². The summed E-state index contributed by atoms with van der Waals surface area (Å²) in [6, 6.07) is 7.36. The van der Waals surface area contributed by atoms with Gasteiger partial charge in [-0.1, -0.05) is 16.5 Å². The third-order valence-electron chi connectivity index (χ3n) is 3.25. The van der Waals surface area contributed by atoms with Crippen molar-refractivity contribution in [3.8, 4) is 5.75 Å². The maximum Gasteiger partial charge on any atom is 0.318 e. The normalized spacial score (nSPS) is 12.0. The highest BCUT2D eigenvalue weighted by atomic mass is 32.2. The lowest BCUT2D eigenvalue weighted by molar-refractivity contribution is 0.0962. The lowest BCUT2D eigenvalue weighted by atomic mass is 10.3. The number of hydrogen-bond acceptors (Lipinski definition) is 6. The average molecular weight is 349 g/mol. The van der Waals surface area contributed by atoms with E-state index in [0.29, 0.717) is 4.80 Å². The highest BCUT2D eigenvalue weighted by Crippen LogP contribution is 2.23. The monoisotopic (exact) mass is 349 g/mol. The molecule has 23 heavy (non-hydrogen) atoms. The zero-order chi connectivity index (χ0) is 16.2. The molecule has 3 aromatic rings. The Hall–Kier alpha value is -2.06. The molecule has 0 fully saturated rings. The van der Waals surface area contributed by atoms with Gasteiger partial charge in [0, 0.05) is 18.4 Å². The van der Waals surface area contributed by atoms with Crippen LogP contribution in [0.25, 0.3) is 10.2 Å². The number of benzene rings is 1. The van der Waals surface area contributed by atoms with Crippen molar-refractivity contribution in [2.75, 3.05) is 19.1 Å². The topological polar surface area (TPSA) is 69.6 Å². The molecule has 0 saturated heterocycles. The van der Waals surface area contributed by atoms with E-state index in [9.17, 15) is 4.79 Å². The molecule has 0 radical (unpaired) electrons. The summed E-state index contributed by atoms with van der Waals surface area (Å²) in [4.78, 5) is 17.0. The minimum absolute atomic E-state index is 0.136. The lowest BCUT2D eigenvalue weighted by Crippen LogP contribution is -2.18. The summed E-state index contributed by atoms with van der Waals surface area (Å²) >= 11 is 3.20. The second-order valence-electron chi connectivity index (χ2n) is 4.66. The van der Waals surface area contributed by atoms with E-state index in [1.165, 1.54) is 23.6 Å². The molecule has 0 spiro atoms. The Bertz CT molecular complexity index is 881. The molecule has 0 aliphatic rings. The Labute approximate surface area is 140 Å². The van der Waals surface area contributed by atoms with Crippen molar-refractivity contribution in [1.82, 2.24) is 9.72 Å². The van der Waals surface area contributed by atoms with E-state index in [-0.39, 0.29) is 5.76 Å². The summed E-state index contributed by atoms with van der Waals surface area (Å²) in [5, 5.41) is 3.54. The van der Waals surface area contributed by atoms with Crippen molar-refractivity contribution in [2.24, 2.45) is 4.99 Å². The lowest BCUT2D eigenvalue weighted by Gasteiger charge is -2.04. The van der Waals surface area contributed by atoms with Gasteiger partial charge in [-0.3, -0.25) is 4.79 Å². The van der Waals surface area contributed by atoms with Crippen LogP contribution in [0.15, 0.2) is 40.0 Å². The van der Waals surface area contributed by atoms with Crippen molar-refractivity contribution in [2.45, 2.75) is 6.54 Å². The van der Waals surface area contributed by atoms with Gasteiger partial charge in [0.25, 0.3) is 0 Å². The molecule has 2 heterocycles. The number of thioether (sulfide) groups is 1. The number of amides is 1. The molecular weight excluding hydrogens is 334 g/mol. The smallest absolute Gasteiger partial charge is 0.318 e. The highest BCUT2D eigenvalue weighted by Gasteiger charge is 2.12. The van der Waals surface area contributed by atoms with Gasteiger partial charge >= 0.3 is 5.91 Å². The molecule has 8 heteroatoms. The summed E-state index contributed by atoms with van der Waals surface area (Å²) in [5.41, 5.74) is 1.04. The van der Waals surface area contributed by atoms with Crippen LogP contribution in [0.5, 0.6) is 5.75 Å². The van der Waals surface area contributed by atoms with Gasteiger partial charge in [-0.25, -0.2) is 0 Å². The molecule has 0 atom stereocenters. The number of hydrogen-bond donors (Lipinski definition) is 0. The number of carbonyl (C=O) groups is 1. The Balaban J connectivity index is 2.11. The first kappa shape index (κ1) is 15.8. The first-order chi connectivity index (χ1) is 11.2. The molecule has 1 amide bonds. The first-order valence-corrected chi connectivity index (χ1v) is 9.10. The Kier molecular flexibility index (Phi) is 4.82. The Morgan fingerprint density at radius 2 is 2.35 bits per heavy atom. The molecule has 6 nitrogen and oxygen atoms in total. The zero-order valence-corrected chi connectivity index (χ0v) is 14.3. The average Bonchev–Trinajstić information content (AvgIpc) is 3.20. The number of methoxy groups -OCH3 is 1. The van der Waals surface area contributed by atoms with E-state index in [1.807, 2.05) is 22.8 Å². The van der Waals surface area contributed by atoms with Crippen LogP contribution in [-0.4, -0.2) is 34.7 Å². The summed E-state index contributed by atoms with van der Waals surface area (Å²) < 4.78 is 13.2. The van der Waals surface area contributed by atoms with E-state index in [2.05, 4.69) is 16.4 Å². The number of thiazole rings is 1. The number of ether oxygens (including phenoxy) is 1. The van der Waals surface area contributed by atoms with Gasteiger partial charge in [-0.05, 0) is 24.5 Å². The molecule has 0 saturated carbocycles. The van der Waals surface area contributed by atoms with Gasteiger partial charge in [-0.2, -0.15) is 16.8 Å². The van der Waals surface area contributed by atoms with Gasteiger partial charge in [0.05, 0.1) is 23.5 Å². The van der Waals surface area contributed by atoms with E-state index < -0.39 is 5.91 Å². The van der Waals surface area contributed by atoms with Gasteiger partial charge in [0.2, 0.25) is 5.76 Å². The summed E-state index contributed by atoms with van der Waals surface area (Å²) in [6.07, 6.45) is 3.48. The molecular formula is C15H15N3O3S2. The summed E-state index contributed by atoms with van der Waals surface area (Å²) in [5.74, 6) is 1.42. The molecule has 0 aliphatic carbocycles. The van der Waals surface area contributed by atoms with Crippen molar-refractivity contribution in [3.63, 3.8) is 0 Å². The molecule has 3 rings (SSSR count). The fraction of sp³-hybridized carbons (Fsp3) is 0.267. The number of aromatic nitrogens is 2. The molecule has 2 aromatic heterocycles. The number of fused-ring (bicyclic) bond motifs is 1. The number of rotatable bonds is 5.